The van der Waals surface area contributed by atoms with Crippen molar-refractivity contribution in [2.45, 2.75) is 19.4 Å². The van der Waals surface area contributed by atoms with Gasteiger partial charge in [-0.1, -0.05) is 0 Å². The van der Waals surface area contributed by atoms with E-state index in [4.69, 9.17) is 15.2 Å². The maximum Gasteiger partial charge on any atom is 0.232 e. The van der Waals surface area contributed by atoms with E-state index in [0.29, 0.717) is 25.5 Å². The summed E-state index contributed by atoms with van der Waals surface area (Å²) in [5.41, 5.74) is 6.63. The highest BCUT2D eigenvalue weighted by atomic mass is 16.5. The van der Waals surface area contributed by atoms with Crippen molar-refractivity contribution in [2.75, 3.05) is 20.3 Å². The molecule has 1 rings (SSSR count). The highest BCUT2D eigenvalue weighted by Gasteiger charge is 2.06. The van der Waals surface area contributed by atoms with Gasteiger partial charge in [-0.15, -0.1) is 0 Å². The summed E-state index contributed by atoms with van der Waals surface area (Å²) in [7, 11) is 1.63. The zero-order valence-corrected chi connectivity index (χ0v) is 9.14. The van der Waals surface area contributed by atoms with Gasteiger partial charge < -0.3 is 15.2 Å². The van der Waals surface area contributed by atoms with Crippen LogP contribution in [0.1, 0.15) is 12.6 Å². The number of nitrogens with zero attached hydrogens (tertiary/aromatic N) is 2. The number of hydrogen-bond donors (Lipinski definition) is 1. The van der Waals surface area contributed by atoms with Gasteiger partial charge in [0.25, 0.3) is 0 Å². The maximum atomic E-state index is 5.81. The molecule has 0 bridgehead atoms. The van der Waals surface area contributed by atoms with Crippen molar-refractivity contribution in [2.24, 2.45) is 5.73 Å². The first kappa shape index (κ1) is 11.9. The summed E-state index contributed by atoms with van der Waals surface area (Å²) in [6.45, 7) is 3.01. The van der Waals surface area contributed by atoms with Crippen molar-refractivity contribution in [1.82, 2.24) is 9.97 Å². The van der Waals surface area contributed by atoms with Gasteiger partial charge in [0.2, 0.25) is 5.88 Å². The van der Waals surface area contributed by atoms with Crippen LogP contribution in [0.15, 0.2) is 12.4 Å². The Kier molecular flexibility index (Phi) is 5.00. The molecule has 0 saturated carbocycles. The maximum absolute atomic E-state index is 5.81. The van der Waals surface area contributed by atoms with Crippen molar-refractivity contribution < 1.29 is 9.47 Å². The molecule has 5 nitrogen and oxygen atoms in total. The molecule has 0 fully saturated rings. The quantitative estimate of drug-likeness (QED) is 0.737. The van der Waals surface area contributed by atoms with E-state index in [1.54, 1.807) is 19.5 Å². The van der Waals surface area contributed by atoms with Crippen LogP contribution >= 0.6 is 0 Å². The number of methoxy groups -OCH3 is 1. The number of ether oxygens (including phenoxy) is 2. The molecule has 0 aliphatic heterocycles. The van der Waals surface area contributed by atoms with Gasteiger partial charge in [-0.3, -0.25) is 4.98 Å². The third-order valence-corrected chi connectivity index (χ3v) is 1.81. The van der Waals surface area contributed by atoms with E-state index in [-0.39, 0.29) is 6.04 Å². The van der Waals surface area contributed by atoms with Gasteiger partial charge >= 0.3 is 0 Å². The Bertz CT molecular complexity index is 294. The lowest BCUT2D eigenvalue weighted by atomic mass is 10.2. The van der Waals surface area contributed by atoms with Crippen molar-refractivity contribution in [3.05, 3.63) is 18.1 Å². The second-order valence-electron chi connectivity index (χ2n) is 3.20. The number of rotatable bonds is 6. The van der Waals surface area contributed by atoms with Crippen molar-refractivity contribution >= 4 is 0 Å². The van der Waals surface area contributed by atoms with E-state index >= 15 is 0 Å². The summed E-state index contributed by atoms with van der Waals surface area (Å²) in [6, 6.07) is -0.0545. The molecule has 84 valence electrons. The van der Waals surface area contributed by atoms with E-state index in [1.165, 1.54) is 0 Å². The zero-order chi connectivity index (χ0) is 11.1. The first-order chi connectivity index (χ1) is 7.26. The first-order valence-corrected chi connectivity index (χ1v) is 4.94. The third kappa shape index (κ3) is 4.22. The van der Waals surface area contributed by atoms with Crippen LogP contribution in [0.5, 0.6) is 5.88 Å². The highest BCUT2D eigenvalue weighted by Crippen LogP contribution is 2.06. The van der Waals surface area contributed by atoms with Crippen LogP contribution in [0.25, 0.3) is 0 Å². The fraction of sp³-hybridized carbons (Fsp3) is 0.600. The van der Waals surface area contributed by atoms with Gasteiger partial charge in [-0.25, -0.2) is 4.98 Å². The number of nitrogens with two attached hydrogens (primary N) is 1. The van der Waals surface area contributed by atoms with E-state index < -0.39 is 0 Å². The number of aromatic nitrogens is 2. The van der Waals surface area contributed by atoms with Gasteiger partial charge in [0.1, 0.15) is 0 Å². The fourth-order valence-electron chi connectivity index (χ4n) is 1.24. The minimum absolute atomic E-state index is 0.0545. The summed E-state index contributed by atoms with van der Waals surface area (Å²) < 4.78 is 10.2. The Balaban J connectivity index is 2.56. The lowest BCUT2D eigenvalue weighted by molar-refractivity contribution is 0.179. The molecule has 0 saturated heterocycles. The fourth-order valence-corrected chi connectivity index (χ4v) is 1.24. The predicted molar refractivity (Wildman–Crippen MR) is 56.8 cm³/mol. The van der Waals surface area contributed by atoms with Crippen molar-refractivity contribution in [3.8, 4) is 5.88 Å². The molecule has 1 unspecified atom stereocenters. The Morgan fingerprint density at radius 3 is 2.93 bits per heavy atom. The molecular formula is C10H17N3O2. The molecule has 1 atom stereocenters. The van der Waals surface area contributed by atoms with Gasteiger partial charge in [0.15, 0.2) is 0 Å². The number of hydrogen-bond acceptors (Lipinski definition) is 5. The second-order valence-corrected chi connectivity index (χ2v) is 3.20. The van der Waals surface area contributed by atoms with Crippen LogP contribution in [0.4, 0.5) is 0 Å². The Hall–Kier alpha value is -1.20. The van der Waals surface area contributed by atoms with E-state index in [1.807, 2.05) is 6.92 Å². The standard InChI is InChI=1S/C10H17N3O2/c1-3-15-10-6-12-5-9(13-10)4-8(11)7-14-2/h5-6,8H,3-4,7,11H2,1-2H3. The van der Waals surface area contributed by atoms with Crippen LogP contribution in [-0.4, -0.2) is 36.3 Å². The highest BCUT2D eigenvalue weighted by molar-refractivity contribution is 5.09. The molecule has 0 aliphatic rings. The SMILES string of the molecule is CCOc1cncc(CC(N)COC)n1. The van der Waals surface area contributed by atoms with Crippen molar-refractivity contribution in [3.63, 3.8) is 0 Å². The Morgan fingerprint density at radius 1 is 1.47 bits per heavy atom. The van der Waals surface area contributed by atoms with Crippen LogP contribution in [0.3, 0.4) is 0 Å². The average Bonchev–Trinajstić information content (AvgIpc) is 2.19. The van der Waals surface area contributed by atoms with Crippen LogP contribution in [0.2, 0.25) is 0 Å². The Morgan fingerprint density at radius 2 is 2.27 bits per heavy atom. The van der Waals surface area contributed by atoms with Crippen molar-refractivity contribution in [1.29, 1.82) is 0 Å². The summed E-state index contributed by atoms with van der Waals surface area (Å²) in [4.78, 5) is 8.30. The van der Waals surface area contributed by atoms with Gasteiger partial charge in [0, 0.05) is 25.8 Å². The topological polar surface area (TPSA) is 70.3 Å². The molecule has 0 spiro atoms. The molecule has 1 heterocycles. The van der Waals surface area contributed by atoms with E-state index in [0.717, 1.165) is 5.69 Å². The van der Waals surface area contributed by atoms with Gasteiger partial charge in [-0.2, -0.15) is 0 Å². The predicted octanol–water partition coefficient (Wildman–Crippen LogP) is 0.391. The monoisotopic (exact) mass is 211 g/mol. The third-order valence-electron chi connectivity index (χ3n) is 1.81. The lowest BCUT2D eigenvalue weighted by Crippen LogP contribution is -2.28. The minimum atomic E-state index is -0.0545. The summed E-state index contributed by atoms with van der Waals surface area (Å²) in [5, 5.41) is 0. The van der Waals surface area contributed by atoms with Gasteiger partial charge in [0.05, 0.1) is 25.1 Å². The molecule has 0 aromatic carbocycles. The molecular weight excluding hydrogens is 194 g/mol. The summed E-state index contributed by atoms with van der Waals surface area (Å²) >= 11 is 0. The molecule has 5 heteroatoms. The molecule has 0 radical (unpaired) electrons. The normalized spacial score (nSPS) is 12.5. The Labute approximate surface area is 89.6 Å². The summed E-state index contributed by atoms with van der Waals surface area (Å²) in [5.74, 6) is 0.541. The van der Waals surface area contributed by atoms with E-state index in [9.17, 15) is 0 Å². The van der Waals surface area contributed by atoms with Crippen LogP contribution in [0, 0.1) is 0 Å². The molecule has 1 aromatic heterocycles. The second kappa shape index (κ2) is 6.31. The van der Waals surface area contributed by atoms with Gasteiger partial charge in [-0.05, 0) is 6.92 Å². The molecule has 0 aliphatic carbocycles. The molecule has 1 aromatic rings. The van der Waals surface area contributed by atoms with E-state index in [2.05, 4.69) is 9.97 Å². The largest absolute Gasteiger partial charge is 0.477 e. The van der Waals surface area contributed by atoms with Crippen LogP contribution < -0.4 is 10.5 Å². The average molecular weight is 211 g/mol. The molecule has 15 heavy (non-hydrogen) atoms. The molecule has 0 amide bonds. The van der Waals surface area contributed by atoms with Crippen LogP contribution in [-0.2, 0) is 11.2 Å². The zero-order valence-electron chi connectivity index (χ0n) is 9.14. The minimum Gasteiger partial charge on any atom is -0.477 e. The first-order valence-electron chi connectivity index (χ1n) is 4.94. The summed E-state index contributed by atoms with van der Waals surface area (Å²) in [6.07, 6.45) is 3.93. The molecule has 2 N–H and O–H groups in total. The lowest BCUT2D eigenvalue weighted by Gasteiger charge is -2.10. The smallest absolute Gasteiger partial charge is 0.232 e.